The highest BCUT2D eigenvalue weighted by Gasteiger charge is 2.10. The Morgan fingerprint density at radius 2 is 2.23 bits per heavy atom. The fourth-order valence-corrected chi connectivity index (χ4v) is 1.50. The van der Waals surface area contributed by atoms with E-state index in [9.17, 15) is 0 Å². The van der Waals surface area contributed by atoms with Gasteiger partial charge < -0.3 is 4.74 Å². The highest BCUT2D eigenvalue weighted by Crippen LogP contribution is 2.31. The largest absolute Gasteiger partial charge is 0.496 e. The number of rotatable bonds is 4. The molecule has 0 spiro atoms. The van der Waals surface area contributed by atoms with E-state index in [1.165, 1.54) is 0 Å². The van der Waals surface area contributed by atoms with Crippen LogP contribution in [0.3, 0.4) is 0 Å². The van der Waals surface area contributed by atoms with Crippen molar-refractivity contribution >= 4 is 11.6 Å². The maximum atomic E-state index is 6.14. The first-order valence-electron chi connectivity index (χ1n) is 4.17. The number of hydrogen-bond acceptors (Lipinski definition) is 1. The normalized spacial score (nSPS) is 12.2. The van der Waals surface area contributed by atoms with E-state index in [2.05, 4.69) is 6.58 Å². The number of allylic oxidation sites excluding steroid dienone is 1. The maximum absolute atomic E-state index is 6.14. The average Bonchev–Trinajstić information content (AvgIpc) is 2.18. The molecule has 0 saturated heterocycles. The van der Waals surface area contributed by atoms with Crippen LogP contribution < -0.4 is 4.74 Å². The van der Waals surface area contributed by atoms with E-state index < -0.39 is 0 Å². The summed E-state index contributed by atoms with van der Waals surface area (Å²) in [5.74, 6) is 0.837. The second-order valence-corrected chi connectivity index (χ2v) is 3.26. The minimum atomic E-state index is -0.0475. The third-order valence-electron chi connectivity index (χ3n) is 1.85. The van der Waals surface area contributed by atoms with Gasteiger partial charge >= 0.3 is 0 Å². The molecule has 70 valence electrons. The second kappa shape index (κ2) is 4.93. The van der Waals surface area contributed by atoms with Gasteiger partial charge in [-0.1, -0.05) is 24.3 Å². The summed E-state index contributed by atoms with van der Waals surface area (Å²) in [7, 11) is 1.65. The zero-order chi connectivity index (χ0) is 9.68. The van der Waals surface area contributed by atoms with Crippen LogP contribution in [-0.4, -0.2) is 7.11 Å². The molecule has 2 heteroatoms. The standard InChI is InChI=1S/C11H13ClO/c1-3-6-10(12)9-7-4-5-8-11(9)13-2/h3-5,7-8,10H,1,6H2,2H3. The molecule has 0 aliphatic carbocycles. The molecule has 13 heavy (non-hydrogen) atoms. The average molecular weight is 197 g/mol. The molecule has 0 radical (unpaired) electrons. The van der Waals surface area contributed by atoms with Crippen molar-refractivity contribution in [2.24, 2.45) is 0 Å². The molecule has 1 aromatic carbocycles. The SMILES string of the molecule is C=CCC(Cl)c1ccccc1OC. The van der Waals surface area contributed by atoms with Gasteiger partial charge in [-0.2, -0.15) is 0 Å². The van der Waals surface area contributed by atoms with Gasteiger partial charge in [-0.25, -0.2) is 0 Å². The summed E-state index contributed by atoms with van der Waals surface area (Å²) < 4.78 is 5.19. The number of para-hydroxylation sites is 1. The zero-order valence-corrected chi connectivity index (χ0v) is 8.42. The summed E-state index contributed by atoms with van der Waals surface area (Å²) in [5.41, 5.74) is 1.02. The van der Waals surface area contributed by atoms with E-state index in [1.807, 2.05) is 30.3 Å². The Morgan fingerprint density at radius 3 is 2.85 bits per heavy atom. The van der Waals surface area contributed by atoms with Gasteiger partial charge in [0.25, 0.3) is 0 Å². The number of hydrogen-bond donors (Lipinski definition) is 0. The summed E-state index contributed by atoms with van der Waals surface area (Å²) >= 11 is 6.14. The van der Waals surface area contributed by atoms with E-state index in [0.29, 0.717) is 0 Å². The van der Waals surface area contributed by atoms with Crippen LogP contribution in [0.1, 0.15) is 17.4 Å². The Hall–Kier alpha value is -0.950. The van der Waals surface area contributed by atoms with Crippen molar-refractivity contribution in [1.82, 2.24) is 0 Å². The number of methoxy groups -OCH3 is 1. The molecule has 1 unspecified atom stereocenters. The molecule has 1 aromatic rings. The van der Waals surface area contributed by atoms with Crippen LogP contribution in [0.5, 0.6) is 5.75 Å². The van der Waals surface area contributed by atoms with Crippen LogP contribution >= 0.6 is 11.6 Å². The Bertz CT molecular complexity index is 283. The van der Waals surface area contributed by atoms with Crippen LogP contribution in [-0.2, 0) is 0 Å². The summed E-state index contributed by atoms with van der Waals surface area (Å²) in [6.45, 7) is 3.66. The fraction of sp³-hybridized carbons (Fsp3) is 0.273. The lowest BCUT2D eigenvalue weighted by atomic mass is 10.1. The Morgan fingerprint density at radius 1 is 1.54 bits per heavy atom. The van der Waals surface area contributed by atoms with E-state index in [4.69, 9.17) is 16.3 Å². The third-order valence-corrected chi connectivity index (χ3v) is 2.26. The van der Waals surface area contributed by atoms with Crippen LogP contribution in [0.25, 0.3) is 0 Å². The summed E-state index contributed by atoms with van der Waals surface area (Å²) in [6, 6.07) is 7.77. The number of alkyl halides is 1. The molecule has 0 bridgehead atoms. The number of ether oxygens (including phenoxy) is 1. The molecule has 1 nitrogen and oxygen atoms in total. The molecule has 1 rings (SSSR count). The minimum absolute atomic E-state index is 0.0475. The molecule has 0 N–H and O–H groups in total. The van der Waals surface area contributed by atoms with Gasteiger partial charge in [0, 0.05) is 5.56 Å². The molecule has 0 aliphatic heterocycles. The smallest absolute Gasteiger partial charge is 0.123 e. The predicted octanol–water partition coefficient (Wildman–Crippen LogP) is 3.55. The van der Waals surface area contributed by atoms with Crippen molar-refractivity contribution in [3.8, 4) is 5.75 Å². The summed E-state index contributed by atoms with van der Waals surface area (Å²) in [6.07, 6.45) is 2.56. The highest BCUT2D eigenvalue weighted by molar-refractivity contribution is 6.21. The molecule has 0 aliphatic rings. The Labute approximate surface area is 84.0 Å². The maximum Gasteiger partial charge on any atom is 0.123 e. The van der Waals surface area contributed by atoms with Crippen molar-refractivity contribution < 1.29 is 4.74 Å². The molecule has 0 saturated carbocycles. The first-order valence-corrected chi connectivity index (χ1v) is 4.61. The first kappa shape index (κ1) is 10.1. The predicted molar refractivity (Wildman–Crippen MR) is 56.4 cm³/mol. The van der Waals surface area contributed by atoms with E-state index in [0.717, 1.165) is 17.7 Å². The zero-order valence-electron chi connectivity index (χ0n) is 7.66. The van der Waals surface area contributed by atoms with E-state index >= 15 is 0 Å². The minimum Gasteiger partial charge on any atom is -0.496 e. The third kappa shape index (κ3) is 2.49. The second-order valence-electron chi connectivity index (χ2n) is 2.73. The van der Waals surface area contributed by atoms with Crippen molar-refractivity contribution in [2.75, 3.05) is 7.11 Å². The quantitative estimate of drug-likeness (QED) is 0.529. The number of benzene rings is 1. The Kier molecular flexibility index (Phi) is 3.84. The van der Waals surface area contributed by atoms with E-state index in [1.54, 1.807) is 7.11 Å². The van der Waals surface area contributed by atoms with E-state index in [-0.39, 0.29) is 5.38 Å². The van der Waals surface area contributed by atoms with Crippen LogP contribution in [0, 0.1) is 0 Å². The fourth-order valence-electron chi connectivity index (χ4n) is 1.20. The van der Waals surface area contributed by atoms with Crippen LogP contribution in [0.2, 0.25) is 0 Å². The molecular formula is C11H13ClO. The summed E-state index contributed by atoms with van der Waals surface area (Å²) in [5, 5.41) is -0.0475. The molecule has 0 fully saturated rings. The Balaban J connectivity index is 2.91. The molecule has 0 aromatic heterocycles. The van der Waals surface area contributed by atoms with Crippen molar-refractivity contribution in [3.05, 3.63) is 42.5 Å². The van der Waals surface area contributed by atoms with Gasteiger partial charge in [0.05, 0.1) is 12.5 Å². The van der Waals surface area contributed by atoms with Gasteiger partial charge in [-0.15, -0.1) is 18.2 Å². The van der Waals surface area contributed by atoms with Crippen molar-refractivity contribution in [3.63, 3.8) is 0 Å². The van der Waals surface area contributed by atoms with Gasteiger partial charge in [-0.3, -0.25) is 0 Å². The van der Waals surface area contributed by atoms with Crippen LogP contribution in [0.4, 0.5) is 0 Å². The summed E-state index contributed by atoms with van der Waals surface area (Å²) in [4.78, 5) is 0. The molecule has 1 atom stereocenters. The van der Waals surface area contributed by atoms with Gasteiger partial charge in [0.1, 0.15) is 5.75 Å². The lowest BCUT2D eigenvalue weighted by molar-refractivity contribution is 0.409. The van der Waals surface area contributed by atoms with Gasteiger partial charge in [0.15, 0.2) is 0 Å². The lowest BCUT2D eigenvalue weighted by Crippen LogP contribution is -1.93. The molecular weight excluding hydrogens is 184 g/mol. The first-order chi connectivity index (χ1) is 6.29. The van der Waals surface area contributed by atoms with Gasteiger partial charge in [0.2, 0.25) is 0 Å². The highest BCUT2D eigenvalue weighted by atomic mass is 35.5. The molecule has 0 amide bonds. The number of halogens is 1. The van der Waals surface area contributed by atoms with Crippen molar-refractivity contribution in [1.29, 1.82) is 0 Å². The van der Waals surface area contributed by atoms with Crippen molar-refractivity contribution in [2.45, 2.75) is 11.8 Å². The molecule has 0 heterocycles. The van der Waals surface area contributed by atoms with Crippen LogP contribution in [0.15, 0.2) is 36.9 Å². The van der Waals surface area contributed by atoms with Gasteiger partial charge in [-0.05, 0) is 12.5 Å². The lowest BCUT2D eigenvalue weighted by Gasteiger charge is -2.11. The monoisotopic (exact) mass is 196 g/mol. The topological polar surface area (TPSA) is 9.23 Å².